The van der Waals surface area contributed by atoms with Crippen LogP contribution < -0.4 is 9.04 Å². The maximum atomic E-state index is 12.5. The number of nitrogens with zero attached hydrogens (tertiary/aromatic N) is 3. The summed E-state index contributed by atoms with van der Waals surface area (Å²) in [6.45, 7) is -0.585. The lowest BCUT2D eigenvalue weighted by atomic mass is 10.3. The summed E-state index contributed by atoms with van der Waals surface area (Å²) in [5.74, 6) is -0.800. The second kappa shape index (κ2) is 10.6. The van der Waals surface area contributed by atoms with Gasteiger partial charge in [-0.1, -0.05) is 6.07 Å². The largest absolute Gasteiger partial charge is 0.482 e. The Kier molecular flexibility index (Phi) is 8.20. The Balaban J connectivity index is 1.84. The number of amides is 1. The van der Waals surface area contributed by atoms with Gasteiger partial charge in [0.05, 0.1) is 18.2 Å². The number of hydrogen-bond acceptors (Lipinski definition) is 8. The molecule has 0 aliphatic heterocycles. The monoisotopic (exact) mass is 451 g/mol. The van der Waals surface area contributed by atoms with E-state index in [1.54, 1.807) is 23.6 Å². The lowest BCUT2D eigenvalue weighted by molar-refractivity contribution is -0.153. The van der Waals surface area contributed by atoms with Crippen LogP contribution in [0.1, 0.15) is 6.42 Å². The topological polar surface area (TPSA) is 117 Å². The Hall–Kier alpha value is -3.10. The number of carbonyl (C=O) groups is 2. The van der Waals surface area contributed by atoms with Crippen molar-refractivity contribution in [3.8, 4) is 11.8 Å². The van der Waals surface area contributed by atoms with Crippen LogP contribution in [0.5, 0.6) is 5.75 Å². The summed E-state index contributed by atoms with van der Waals surface area (Å²) in [6.07, 6.45) is 0.194. The molecule has 0 fully saturated rings. The number of hydrogen-bond donors (Lipinski definition) is 0. The first-order valence-corrected chi connectivity index (χ1v) is 11.1. The third-order valence-electron chi connectivity index (χ3n) is 4.01. The van der Waals surface area contributed by atoms with Gasteiger partial charge < -0.3 is 14.4 Å². The van der Waals surface area contributed by atoms with Crippen LogP contribution in [-0.4, -0.2) is 59.0 Å². The molecule has 11 heteroatoms. The molecule has 0 saturated heterocycles. The van der Waals surface area contributed by atoms with Crippen molar-refractivity contribution in [2.45, 2.75) is 10.6 Å². The number of thiophene rings is 1. The molecule has 30 heavy (non-hydrogen) atoms. The predicted molar refractivity (Wildman–Crippen MR) is 111 cm³/mol. The molecule has 1 aromatic heterocycles. The highest BCUT2D eigenvalue weighted by Crippen LogP contribution is 2.26. The second-order valence-electron chi connectivity index (χ2n) is 6.07. The Morgan fingerprint density at radius 2 is 1.83 bits per heavy atom. The first kappa shape index (κ1) is 23.2. The van der Waals surface area contributed by atoms with Crippen molar-refractivity contribution in [3.63, 3.8) is 0 Å². The minimum atomic E-state index is -3.63. The molecule has 1 amide bonds. The molecule has 160 valence electrons. The number of carbonyl (C=O) groups excluding carboxylic acids is 2. The zero-order chi connectivity index (χ0) is 22.1. The molecule has 0 saturated carbocycles. The van der Waals surface area contributed by atoms with Crippen LogP contribution in [0.3, 0.4) is 0 Å². The summed E-state index contributed by atoms with van der Waals surface area (Å²) < 4.78 is 36.6. The van der Waals surface area contributed by atoms with E-state index in [1.165, 1.54) is 37.2 Å². The first-order valence-electron chi connectivity index (χ1n) is 8.77. The van der Waals surface area contributed by atoms with Crippen LogP contribution in [0.2, 0.25) is 0 Å². The highest BCUT2D eigenvalue weighted by atomic mass is 32.2. The molecular formula is C19H21N3O6S2. The van der Waals surface area contributed by atoms with Gasteiger partial charge in [0.2, 0.25) is 0 Å². The van der Waals surface area contributed by atoms with Gasteiger partial charge in [0.15, 0.2) is 13.2 Å². The highest BCUT2D eigenvalue weighted by molar-refractivity contribution is 7.94. The summed E-state index contributed by atoms with van der Waals surface area (Å²) >= 11 is 1.13. The van der Waals surface area contributed by atoms with E-state index in [0.717, 1.165) is 15.6 Å². The van der Waals surface area contributed by atoms with Crippen LogP contribution in [0, 0.1) is 11.3 Å². The zero-order valence-corrected chi connectivity index (χ0v) is 18.1. The molecule has 0 radical (unpaired) electrons. The fourth-order valence-corrected chi connectivity index (χ4v) is 4.57. The molecule has 1 heterocycles. The average molecular weight is 452 g/mol. The zero-order valence-electron chi connectivity index (χ0n) is 16.5. The summed E-state index contributed by atoms with van der Waals surface area (Å²) in [4.78, 5) is 24.8. The Labute approximate surface area is 179 Å². The van der Waals surface area contributed by atoms with Crippen molar-refractivity contribution in [3.05, 3.63) is 41.8 Å². The fourth-order valence-electron chi connectivity index (χ4n) is 2.22. The number of sulfonamides is 1. The normalized spacial score (nSPS) is 10.7. The second-order valence-corrected chi connectivity index (χ2v) is 9.22. The molecule has 0 atom stereocenters. The predicted octanol–water partition coefficient (Wildman–Crippen LogP) is 1.87. The molecule has 0 bridgehead atoms. The van der Waals surface area contributed by atoms with E-state index in [0.29, 0.717) is 11.4 Å². The van der Waals surface area contributed by atoms with E-state index in [9.17, 15) is 18.0 Å². The molecule has 1 aromatic carbocycles. The number of ether oxygens (including phenoxy) is 2. The van der Waals surface area contributed by atoms with Gasteiger partial charge in [-0.25, -0.2) is 13.2 Å². The third-order valence-corrected chi connectivity index (χ3v) is 7.17. The van der Waals surface area contributed by atoms with Gasteiger partial charge in [0, 0.05) is 20.6 Å². The molecular weight excluding hydrogens is 430 g/mol. The number of nitriles is 1. The van der Waals surface area contributed by atoms with E-state index in [-0.39, 0.29) is 17.2 Å². The maximum Gasteiger partial charge on any atom is 0.344 e. The van der Waals surface area contributed by atoms with Crippen LogP contribution in [0.15, 0.2) is 46.0 Å². The average Bonchev–Trinajstić information content (AvgIpc) is 3.30. The van der Waals surface area contributed by atoms with Gasteiger partial charge in [0.25, 0.3) is 15.9 Å². The van der Waals surface area contributed by atoms with E-state index >= 15 is 0 Å². The molecule has 0 spiro atoms. The van der Waals surface area contributed by atoms with Crippen molar-refractivity contribution in [1.29, 1.82) is 5.26 Å². The third kappa shape index (κ3) is 6.20. The van der Waals surface area contributed by atoms with Crippen molar-refractivity contribution in [1.82, 2.24) is 4.90 Å². The van der Waals surface area contributed by atoms with Crippen LogP contribution in [0.4, 0.5) is 5.69 Å². The number of likely N-dealkylation sites (N-methyl/N-ethyl adjacent to an activating group) is 1. The molecule has 0 aliphatic carbocycles. The molecule has 2 aromatic rings. The quantitative estimate of drug-likeness (QED) is 0.506. The molecule has 9 nitrogen and oxygen atoms in total. The molecule has 0 N–H and O–H groups in total. The molecule has 0 aliphatic rings. The van der Waals surface area contributed by atoms with Gasteiger partial charge in [-0.2, -0.15) is 5.26 Å². The smallest absolute Gasteiger partial charge is 0.344 e. The fraction of sp³-hybridized carbons (Fsp3) is 0.316. The summed E-state index contributed by atoms with van der Waals surface area (Å²) in [5.41, 5.74) is 0.435. The van der Waals surface area contributed by atoms with Gasteiger partial charge in [-0.15, -0.1) is 11.3 Å². The summed E-state index contributed by atoms with van der Waals surface area (Å²) in [5, 5.41) is 10.2. The maximum absolute atomic E-state index is 12.5. The van der Waals surface area contributed by atoms with E-state index in [4.69, 9.17) is 14.7 Å². The molecule has 0 unspecified atom stereocenters. The van der Waals surface area contributed by atoms with E-state index in [1.807, 2.05) is 6.07 Å². The first-order chi connectivity index (χ1) is 14.3. The Morgan fingerprint density at radius 3 is 2.43 bits per heavy atom. The van der Waals surface area contributed by atoms with Gasteiger partial charge in [-0.3, -0.25) is 9.10 Å². The lowest BCUT2D eigenvalue weighted by Gasteiger charge is -2.18. The van der Waals surface area contributed by atoms with E-state index in [2.05, 4.69) is 0 Å². The van der Waals surface area contributed by atoms with Crippen LogP contribution >= 0.6 is 11.3 Å². The van der Waals surface area contributed by atoms with Crippen molar-refractivity contribution in [2.75, 3.05) is 38.2 Å². The van der Waals surface area contributed by atoms with Gasteiger partial charge >= 0.3 is 5.97 Å². The summed E-state index contributed by atoms with van der Waals surface area (Å²) in [7, 11) is -0.666. The number of rotatable bonds is 10. The standard InChI is InChI=1S/C19H21N3O6S2/c1-21(11-4-10-20)17(23)13-28-18(24)14-27-16-8-6-15(7-9-16)22(2)30(25,26)19-5-3-12-29-19/h3,5-9,12H,4,11,13-14H2,1-2H3. The number of benzene rings is 1. The number of anilines is 1. The number of esters is 1. The lowest BCUT2D eigenvalue weighted by Crippen LogP contribution is -2.32. The van der Waals surface area contributed by atoms with Crippen LogP contribution in [0.25, 0.3) is 0 Å². The molecule has 2 rings (SSSR count). The van der Waals surface area contributed by atoms with Crippen molar-refractivity contribution in [2.24, 2.45) is 0 Å². The van der Waals surface area contributed by atoms with Crippen molar-refractivity contribution < 1.29 is 27.5 Å². The minimum absolute atomic E-state index is 0.194. The SMILES string of the molecule is CN(CCC#N)C(=O)COC(=O)COc1ccc(N(C)S(=O)(=O)c2cccs2)cc1. The van der Waals surface area contributed by atoms with Crippen LogP contribution in [-0.2, 0) is 24.3 Å². The Morgan fingerprint density at radius 1 is 1.13 bits per heavy atom. The van der Waals surface area contributed by atoms with Gasteiger partial charge in [-0.05, 0) is 35.7 Å². The Bertz CT molecular complexity index is 998. The summed E-state index contributed by atoms with van der Waals surface area (Å²) in [6, 6.07) is 11.3. The minimum Gasteiger partial charge on any atom is -0.482 e. The van der Waals surface area contributed by atoms with Gasteiger partial charge in [0.1, 0.15) is 9.96 Å². The highest BCUT2D eigenvalue weighted by Gasteiger charge is 2.22. The van der Waals surface area contributed by atoms with E-state index < -0.39 is 35.1 Å². The van der Waals surface area contributed by atoms with Crippen molar-refractivity contribution >= 4 is 38.9 Å².